The molecule has 0 saturated carbocycles. The van der Waals surface area contributed by atoms with E-state index in [0.717, 1.165) is 11.3 Å². The molecule has 0 N–H and O–H groups in total. The van der Waals surface area contributed by atoms with Crippen LogP contribution in [0.1, 0.15) is 0 Å². The van der Waals surface area contributed by atoms with Gasteiger partial charge in [0.05, 0.1) is 0 Å². The Balaban J connectivity index is 0.000000292. The minimum absolute atomic E-state index is 0.198. The fourth-order valence-electron chi connectivity index (χ4n) is 0.402. The average molecular weight is 318 g/mol. The van der Waals surface area contributed by atoms with Gasteiger partial charge in [-0.25, -0.2) is 8.42 Å². The van der Waals surface area contributed by atoms with Crippen LogP contribution in [0.2, 0.25) is 0 Å². The van der Waals surface area contributed by atoms with Gasteiger partial charge in [-0.2, -0.15) is 8.42 Å². The van der Waals surface area contributed by atoms with Crippen LogP contribution in [0.5, 0.6) is 0 Å². The molecule has 0 radical (unpaired) electrons. The summed E-state index contributed by atoms with van der Waals surface area (Å²) in [5, 5.41) is 1.66. The smallest absolute Gasteiger partial charge is 0.206 e. The summed E-state index contributed by atoms with van der Waals surface area (Å²) in [6.45, 7) is 0. The van der Waals surface area contributed by atoms with Crippen LogP contribution in [0.15, 0.2) is 21.7 Å². The van der Waals surface area contributed by atoms with Gasteiger partial charge in [0.1, 0.15) is 4.21 Å². The molecule has 1 aromatic rings. The molecule has 0 saturated heterocycles. The lowest BCUT2D eigenvalue weighted by Crippen LogP contribution is -1.82. The molecule has 1 rings (SSSR count). The van der Waals surface area contributed by atoms with Gasteiger partial charge in [-0.05, 0) is 11.4 Å². The van der Waals surface area contributed by atoms with Crippen molar-refractivity contribution >= 4 is 60.7 Å². The first-order valence-corrected chi connectivity index (χ1v) is 9.05. The summed E-state index contributed by atoms with van der Waals surface area (Å²) < 4.78 is 39.5. The zero-order valence-corrected chi connectivity index (χ0v) is 10.9. The Morgan fingerprint density at radius 1 is 1.07 bits per heavy atom. The molecule has 0 fully saturated rings. The highest BCUT2D eigenvalue weighted by Gasteiger charge is 2.08. The lowest BCUT2D eigenvalue weighted by Gasteiger charge is -1.82. The number of hydrogen-bond donors (Lipinski definition) is 0. The molecule has 0 amide bonds. The summed E-state index contributed by atoms with van der Waals surface area (Å²) in [6.07, 6.45) is 0. The van der Waals surface area contributed by atoms with Gasteiger partial charge in [-0.3, -0.25) is 0 Å². The fourth-order valence-corrected chi connectivity index (χ4v) is 2.20. The van der Waals surface area contributed by atoms with Crippen LogP contribution in [-0.2, 0) is 17.3 Å². The predicted octanol–water partition coefficient (Wildman–Crippen LogP) is 2.38. The first-order valence-electron chi connectivity index (χ1n) is 2.73. The molecule has 0 aliphatic heterocycles. The molecule has 0 unspecified atom stereocenters. The van der Waals surface area contributed by atoms with Crippen LogP contribution in [0.25, 0.3) is 0 Å². The van der Waals surface area contributed by atoms with Gasteiger partial charge in [0, 0.05) is 32.0 Å². The maximum absolute atomic E-state index is 10.5. The highest BCUT2D eigenvalue weighted by atomic mass is 36.0. The summed E-state index contributed by atoms with van der Waals surface area (Å²) in [5.41, 5.74) is 0. The largest absolute Gasteiger partial charge is 0.317 e. The molecular weight excluding hydrogens is 315 g/mol. The van der Waals surface area contributed by atoms with E-state index in [1.807, 2.05) is 0 Å². The third-order valence-corrected chi connectivity index (χ3v) is 3.73. The first-order chi connectivity index (χ1) is 6.11. The number of halogens is 3. The second kappa shape index (κ2) is 5.53. The molecule has 0 aliphatic rings. The van der Waals surface area contributed by atoms with Crippen LogP contribution in [0.3, 0.4) is 0 Å². The molecule has 0 spiro atoms. The Hall–Kier alpha value is 0.470. The first kappa shape index (κ1) is 14.5. The Morgan fingerprint density at radius 2 is 1.50 bits per heavy atom. The van der Waals surface area contributed by atoms with E-state index in [-0.39, 0.29) is 4.21 Å². The fraction of sp³-hybridized carbons (Fsp3) is 0. The van der Waals surface area contributed by atoms with Crippen molar-refractivity contribution in [3.05, 3.63) is 17.5 Å². The summed E-state index contributed by atoms with van der Waals surface area (Å²) in [7, 11) is 6.33. The molecule has 1 heterocycles. The summed E-state index contributed by atoms with van der Waals surface area (Å²) >= 11 is 1.11. The summed E-state index contributed by atoms with van der Waals surface area (Å²) in [5.74, 6) is 0. The van der Waals surface area contributed by atoms with Gasteiger partial charge in [-0.15, -0.1) is 11.3 Å². The van der Waals surface area contributed by atoms with Crippen LogP contribution in [0, 0.1) is 0 Å². The Bertz CT molecular complexity index is 452. The molecular formula is C4H3Cl3O4S3. The average Bonchev–Trinajstić information content (AvgIpc) is 2.28. The van der Waals surface area contributed by atoms with Gasteiger partial charge >= 0.3 is 8.26 Å². The van der Waals surface area contributed by atoms with Gasteiger partial charge in [0.2, 0.25) is 0 Å². The van der Waals surface area contributed by atoms with E-state index >= 15 is 0 Å². The monoisotopic (exact) mass is 316 g/mol. The van der Waals surface area contributed by atoms with E-state index in [2.05, 4.69) is 21.4 Å². The molecule has 0 aliphatic carbocycles. The van der Waals surface area contributed by atoms with Crippen molar-refractivity contribution in [2.24, 2.45) is 0 Å². The number of rotatable bonds is 1. The van der Waals surface area contributed by atoms with E-state index < -0.39 is 17.3 Å². The van der Waals surface area contributed by atoms with Gasteiger partial charge in [0.15, 0.2) is 0 Å². The highest BCUT2D eigenvalue weighted by Crippen LogP contribution is 2.19. The van der Waals surface area contributed by atoms with Crippen molar-refractivity contribution in [2.75, 3.05) is 0 Å². The van der Waals surface area contributed by atoms with Crippen LogP contribution in [0.4, 0.5) is 0 Å². The minimum Gasteiger partial charge on any atom is -0.206 e. The van der Waals surface area contributed by atoms with E-state index in [4.69, 9.17) is 19.1 Å². The number of thiophene rings is 1. The standard InChI is InChI=1S/C4H3ClO2S2.Cl2O2S/c5-9(6,7)4-2-1-3-8-4;1-5(2,3)4/h1-3H;. The van der Waals surface area contributed by atoms with Crippen molar-refractivity contribution in [3.8, 4) is 0 Å². The van der Waals surface area contributed by atoms with Crippen molar-refractivity contribution in [3.63, 3.8) is 0 Å². The minimum atomic E-state index is -3.72. The lowest BCUT2D eigenvalue weighted by molar-refractivity contribution is 0.611. The quantitative estimate of drug-likeness (QED) is 0.746. The van der Waals surface area contributed by atoms with Crippen LogP contribution in [-0.4, -0.2) is 16.8 Å². The molecule has 14 heavy (non-hydrogen) atoms. The van der Waals surface area contributed by atoms with Gasteiger partial charge in [-0.1, -0.05) is 6.07 Å². The van der Waals surface area contributed by atoms with E-state index in [0.29, 0.717) is 0 Å². The van der Waals surface area contributed by atoms with Crippen LogP contribution >= 0.6 is 43.4 Å². The van der Waals surface area contributed by atoms with Crippen molar-refractivity contribution < 1.29 is 16.8 Å². The Kier molecular flexibility index (Phi) is 5.71. The van der Waals surface area contributed by atoms with Gasteiger partial charge < -0.3 is 0 Å². The molecule has 0 atom stereocenters. The van der Waals surface area contributed by atoms with E-state index in [9.17, 15) is 8.42 Å². The molecule has 0 bridgehead atoms. The van der Waals surface area contributed by atoms with Crippen LogP contribution < -0.4 is 0 Å². The number of hydrogen-bond acceptors (Lipinski definition) is 5. The topological polar surface area (TPSA) is 68.3 Å². The molecule has 82 valence electrons. The zero-order valence-electron chi connectivity index (χ0n) is 6.22. The second-order valence-corrected chi connectivity index (χ2v) is 9.16. The normalized spacial score (nSPS) is 11.6. The SMILES string of the molecule is O=S(=O)(Cl)Cl.O=S(=O)(Cl)c1cccs1. The predicted molar refractivity (Wildman–Crippen MR) is 58.0 cm³/mol. The molecule has 4 nitrogen and oxygen atoms in total. The highest BCUT2D eigenvalue weighted by molar-refractivity contribution is 8.31. The third-order valence-electron chi connectivity index (χ3n) is 0.735. The molecule has 1 aromatic heterocycles. The zero-order chi connectivity index (χ0) is 11.4. The Morgan fingerprint density at radius 3 is 1.64 bits per heavy atom. The summed E-state index contributed by atoms with van der Waals surface area (Å²) in [4.78, 5) is 0. The van der Waals surface area contributed by atoms with Crippen molar-refractivity contribution in [1.82, 2.24) is 0 Å². The van der Waals surface area contributed by atoms with Crippen molar-refractivity contribution in [1.29, 1.82) is 0 Å². The van der Waals surface area contributed by atoms with Crippen molar-refractivity contribution in [2.45, 2.75) is 4.21 Å². The second-order valence-electron chi connectivity index (χ2n) is 1.75. The van der Waals surface area contributed by atoms with Gasteiger partial charge in [0.25, 0.3) is 9.05 Å². The van der Waals surface area contributed by atoms with E-state index in [1.165, 1.54) is 6.07 Å². The molecule has 10 heteroatoms. The Labute approximate surface area is 98.7 Å². The summed E-state index contributed by atoms with van der Waals surface area (Å²) in [6, 6.07) is 3.10. The lowest BCUT2D eigenvalue weighted by atomic mass is 10.7. The maximum atomic E-state index is 10.5. The maximum Gasteiger partial charge on any atom is 0.317 e. The third kappa shape index (κ3) is 9.04. The van der Waals surface area contributed by atoms with E-state index in [1.54, 1.807) is 11.4 Å². The molecule has 0 aromatic carbocycles.